The average molecular weight is 414 g/mol. The number of hydrogen-bond donors (Lipinski definition) is 0. The Hall–Kier alpha value is -4.00. The van der Waals surface area contributed by atoms with E-state index < -0.39 is 10.5 Å². The smallest absolute Gasteiger partial charge is 0.295 e. The van der Waals surface area contributed by atoms with Gasteiger partial charge in [-0.15, -0.1) is 0 Å². The van der Waals surface area contributed by atoms with Crippen molar-refractivity contribution in [1.29, 1.82) is 0 Å². The number of nitro benzene ring substituents is 1. The number of rotatable bonds is 6. The van der Waals surface area contributed by atoms with Gasteiger partial charge in [0.15, 0.2) is 0 Å². The first kappa shape index (κ1) is 20.3. The molecule has 0 amide bonds. The third kappa shape index (κ3) is 3.77. The SMILES string of the molecule is CCCN(C)c1ccc([N+](=O)[O-])c(-n2nc(-c3ccccc3)c3ccccc3c2=O)c1. The van der Waals surface area contributed by atoms with Crippen LogP contribution in [-0.4, -0.2) is 28.3 Å². The molecule has 0 unspecified atom stereocenters. The van der Waals surface area contributed by atoms with E-state index in [0.717, 1.165) is 28.9 Å². The van der Waals surface area contributed by atoms with E-state index in [4.69, 9.17) is 0 Å². The zero-order valence-corrected chi connectivity index (χ0v) is 17.4. The van der Waals surface area contributed by atoms with Gasteiger partial charge in [-0.2, -0.15) is 9.78 Å². The molecule has 0 atom stereocenters. The summed E-state index contributed by atoms with van der Waals surface area (Å²) in [6.07, 6.45) is 0.926. The molecule has 0 fully saturated rings. The summed E-state index contributed by atoms with van der Waals surface area (Å²) in [5, 5.41) is 17.6. The number of nitrogens with zero attached hydrogens (tertiary/aromatic N) is 4. The van der Waals surface area contributed by atoms with Crippen LogP contribution in [0.3, 0.4) is 0 Å². The maximum absolute atomic E-state index is 13.4. The van der Waals surface area contributed by atoms with E-state index in [-0.39, 0.29) is 11.4 Å². The van der Waals surface area contributed by atoms with E-state index in [1.54, 1.807) is 24.3 Å². The number of aromatic nitrogens is 2. The highest BCUT2D eigenvalue weighted by Gasteiger charge is 2.21. The molecule has 7 heteroatoms. The van der Waals surface area contributed by atoms with Crippen LogP contribution in [-0.2, 0) is 0 Å². The van der Waals surface area contributed by atoms with Crippen molar-refractivity contribution in [2.24, 2.45) is 0 Å². The zero-order chi connectivity index (χ0) is 22.0. The second-order valence-electron chi connectivity index (χ2n) is 7.33. The maximum Gasteiger partial charge on any atom is 0.295 e. The Morgan fingerprint density at radius 3 is 2.35 bits per heavy atom. The quantitative estimate of drug-likeness (QED) is 0.334. The van der Waals surface area contributed by atoms with Crippen molar-refractivity contribution >= 4 is 22.1 Å². The van der Waals surface area contributed by atoms with Crippen molar-refractivity contribution in [2.75, 3.05) is 18.5 Å². The van der Waals surface area contributed by atoms with Crippen LogP contribution in [0.25, 0.3) is 27.7 Å². The normalized spacial score (nSPS) is 10.9. The summed E-state index contributed by atoms with van der Waals surface area (Å²) in [5.74, 6) is 0. The molecule has 0 aliphatic carbocycles. The average Bonchev–Trinajstić information content (AvgIpc) is 2.80. The van der Waals surface area contributed by atoms with Gasteiger partial charge in [-0.05, 0) is 24.6 Å². The van der Waals surface area contributed by atoms with Gasteiger partial charge in [-0.1, -0.05) is 55.5 Å². The van der Waals surface area contributed by atoms with Gasteiger partial charge < -0.3 is 4.90 Å². The molecule has 0 N–H and O–H groups in total. The van der Waals surface area contributed by atoms with E-state index in [1.165, 1.54) is 6.07 Å². The molecular weight excluding hydrogens is 392 g/mol. The van der Waals surface area contributed by atoms with Crippen LogP contribution < -0.4 is 10.5 Å². The van der Waals surface area contributed by atoms with Crippen LogP contribution in [0, 0.1) is 10.1 Å². The largest absolute Gasteiger partial charge is 0.375 e. The van der Waals surface area contributed by atoms with Gasteiger partial charge in [0, 0.05) is 36.3 Å². The van der Waals surface area contributed by atoms with Gasteiger partial charge in [0.1, 0.15) is 5.69 Å². The highest BCUT2D eigenvalue weighted by Crippen LogP contribution is 2.30. The van der Waals surface area contributed by atoms with E-state index in [1.807, 2.05) is 54.4 Å². The molecule has 7 nitrogen and oxygen atoms in total. The zero-order valence-electron chi connectivity index (χ0n) is 17.4. The standard InChI is InChI=1S/C24H22N4O3/c1-3-15-26(2)18-13-14-21(28(30)31)22(16-18)27-24(29)20-12-8-7-11-19(20)23(25-27)17-9-5-4-6-10-17/h4-14,16H,3,15H2,1-2H3. The van der Waals surface area contributed by atoms with Gasteiger partial charge in [-0.3, -0.25) is 14.9 Å². The van der Waals surface area contributed by atoms with Crippen molar-refractivity contribution in [3.63, 3.8) is 0 Å². The van der Waals surface area contributed by atoms with Crippen molar-refractivity contribution in [2.45, 2.75) is 13.3 Å². The van der Waals surface area contributed by atoms with E-state index in [9.17, 15) is 14.9 Å². The minimum Gasteiger partial charge on any atom is -0.375 e. The molecule has 1 aromatic heterocycles. The number of hydrogen-bond acceptors (Lipinski definition) is 5. The second kappa shape index (κ2) is 8.39. The third-order valence-electron chi connectivity index (χ3n) is 5.24. The predicted molar refractivity (Wildman–Crippen MR) is 123 cm³/mol. The Kier molecular flexibility index (Phi) is 5.49. The Balaban J connectivity index is 2.05. The van der Waals surface area contributed by atoms with Crippen molar-refractivity contribution < 1.29 is 4.92 Å². The molecule has 0 aliphatic rings. The molecule has 0 radical (unpaired) electrons. The fraction of sp³-hybridized carbons (Fsp3) is 0.167. The fourth-order valence-electron chi connectivity index (χ4n) is 3.70. The maximum atomic E-state index is 13.4. The van der Waals surface area contributed by atoms with E-state index in [0.29, 0.717) is 16.5 Å². The Morgan fingerprint density at radius 1 is 1.00 bits per heavy atom. The highest BCUT2D eigenvalue weighted by molar-refractivity contribution is 5.94. The van der Waals surface area contributed by atoms with Crippen molar-refractivity contribution in [3.05, 3.63) is 93.3 Å². The summed E-state index contributed by atoms with van der Waals surface area (Å²) < 4.78 is 1.16. The lowest BCUT2D eigenvalue weighted by atomic mass is 10.1. The molecule has 0 aliphatic heterocycles. The van der Waals surface area contributed by atoms with Gasteiger partial charge in [0.05, 0.1) is 16.0 Å². The van der Waals surface area contributed by atoms with Gasteiger partial charge in [-0.25, -0.2) is 0 Å². The first-order valence-corrected chi connectivity index (χ1v) is 10.1. The lowest BCUT2D eigenvalue weighted by molar-refractivity contribution is -0.384. The Morgan fingerprint density at radius 2 is 1.68 bits per heavy atom. The summed E-state index contributed by atoms with van der Waals surface area (Å²) in [4.78, 5) is 26.7. The lowest BCUT2D eigenvalue weighted by Gasteiger charge is -2.19. The molecule has 156 valence electrons. The van der Waals surface area contributed by atoms with E-state index >= 15 is 0 Å². The molecule has 3 aromatic carbocycles. The first-order valence-electron chi connectivity index (χ1n) is 10.1. The molecule has 0 saturated heterocycles. The molecular formula is C24H22N4O3. The third-order valence-corrected chi connectivity index (χ3v) is 5.24. The summed E-state index contributed by atoms with van der Waals surface area (Å²) in [5.41, 5.74) is 1.79. The van der Waals surface area contributed by atoms with E-state index in [2.05, 4.69) is 12.0 Å². The molecule has 31 heavy (non-hydrogen) atoms. The molecule has 0 spiro atoms. The fourth-order valence-corrected chi connectivity index (χ4v) is 3.70. The van der Waals surface area contributed by atoms with Gasteiger partial charge >= 0.3 is 0 Å². The molecule has 4 rings (SSSR count). The minimum absolute atomic E-state index is 0.151. The van der Waals surface area contributed by atoms with Crippen LogP contribution in [0.1, 0.15) is 13.3 Å². The molecule has 0 saturated carbocycles. The first-order chi connectivity index (χ1) is 15.0. The van der Waals surface area contributed by atoms with Crippen LogP contribution in [0.5, 0.6) is 0 Å². The minimum atomic E-state index is -0.482. The van der Waals surface area contributed by atoms with Crippen molar-refractivity contribution in [1.82, 2.24) is 9.78 Å². The molecule has 4 aromatic rings. The summed E-state index contributed by atoms with van der Waals surface area (Å²) in [6, 6.07) is 21.5. The number of anilines is 1. The molecule has 1 heterocycles. The van der Waals surface area contributed by atoms with Crippen LogP contribution in [0.15, 0.2) is 77.6 Å². The van der Waals surface area contributed by atoms with Gasteiger partial charge in [0.25, 0.3) is 11.2 Å². The Labute approximate surface area is 179 Å². The molecule has 0 bridgehead atoms. The monoisotopic (exact) mass is 414 g/mol. The topological polar surface area (TPSA) is 81.3 Å². The highest BCUT2D eigenvalue weighted by atomic mass is 16.6. The van der Waals surface area contributed by atoms with Crippen molar-refractivity contribution in [3.8, 4) is 16.9 Å². The van der Waals surface area contributed by atoms with Crippen LogP contribution >= 0.6 is 0 Å². The number of fused-ring (bicyclic) bond motifs is 1. The lowest BCUT2D eigenvalue weighted by Crippen LogP contribution is -2.24. The number of benzene rings is 3. The summed E-state index contributed by atoms with van der Waals surface area (Å²) in [7, 11) is 1.92. The number of nitro groups is 1. The van der Waals surface area contributed by atoms with Crippen LogP contribution in [0.4, 0.5) is 11.4 Å². The Bertz CT molecular complexity index is 1320. The summed E-state index contributed by atoms with van der Waals surface area (Å²) in [6.45, 7) is 2.84. The van der Waals surface area contributed by atoms with Gasteiger partial charge in [0.2, 0.25) is 0 Å². The summed E-state index contributed by atoms with van der Waals surface area (Å²) >= 11 is 0. The van der Waals surface area contributed by atoms with Crippen LogP contribution in [0.2, 0.25) is 0 Å². The predicted octanol–water partition coefficient (Wildman–Crippen LogP) is 4.81. The second-order valence-corrected chi connectivity index (χ2v) is 7.33.